The third kappa shape index (κ3) is 5.92. The maximum absolute atomic E-state index is 12.7. The molecule has 0 saturated carbocycles. The van der Waals surface area contributed by atoms with E-state index < -0.39 is 0 Å². The van der Waals surface area contributed by atoms with Crippen LogP contribution in [0.4, 0.5) is 0 Å². The van der Waals surface area contributed by atoms with E-state index in [1.165, 1.54) is 12.2 Å². The smallest absolute Gasteiger partial charge is 0.185 e. The minimum Gasteiger partial charge on any atom is -0.493 e. The van der Waals surface area contributed by atoms with Gasteiger partial charge in [0.25, 0.3) is 0 Å². The summed E-state index contributed by atoms with van der Waals surface area (Å²) in [5.41, 5.74) is 2.41. The van der Waals surface area contributed by atoms with Gasteiger partial charge in [-0.3, -0.25) is 9.59 Å². The summed E-state index contributed by atoms with van der Waals surface area (Å²) in [6.45, 7) is 0. The number of ketones is 2. The van der Waals surface area contributed by atoms with Crippen molar-refractivity contribution in [1.29, 1.82) is 0 Å². The number of ether oxygens (including phenoxy) is 4. The van der Waals surface area contributed by atoms with Gasteiger partial charge in [-0.05, 0) is 53.6 Å². The Morgan fingerprint density at radius 2 is 0.971 bits per heavy atom. The van der Waals surface area contributed by atoms with E-state index in [1.807, 2.05) is 12.1 Å². The normalized spacial score (nSPS) is 10.9. The lowest BCUT2D eigenvalue weighted by Gasteiger charge is -2.07. The van der Waals surface area contributed by atoms with Gasteiger partial charge in [0.2, 0.25) is 0 Å². The van der Waals surface area contributed by atoms with E-state index in [9.17, 15) is 9.59 Å². The molecule has 0 N–H and O–H groups in total. The van der Waals surface area contributed by atoms with Crippen molar-refractivity contribution in [3.05, 3.63) is 95.1 Å². The van der Waals surface area contributed by atoms with E-state index in [4.69, 9.17) is 18.9 Å². The van der Waals surface area contributed by atoms with Gasteiger partial charge in [-0.15, -0.1) is 0 Å². The molecule has 34 heavy (non-hydrogen) atoms. The summed E-state index contributed by atoms with van der Waals surface area (Å²) in [4.78, 5) is 25.4. The lowest BCUT2D eigenvalue weighted by molar-refractivity contribution is 0.104. The van der Waals surface area contributed by atoms with Crippen LogP contribution in [0.1, 0.15) is 31.8 Å². The van der Waals surface area contributed by atoms with Crippen molar-refractivity contribution in [2.75, 3.05) is 28.4 Å². The SMILES string of the molecule is COc1ccc(/C=C/C(=O)c2cccc(C(=O)/C=C/c3ccc(OC)c(OC)c3)c2)cc1OC. The third-order valence-electron chi connectivity index (χ3n) is 5.10. The molecular weight excluding hydrogens is 432 g/mol. The number of benzene rings is 3. The molecule has 0 saturated heterocycles. The lowest BCUT2D eigenvalue weighted by Crippen LogP contribution is -2.00. The number of carbonyl (C=O) groups is 2. The molecule has 0 aromatic heterocycles. The average molecular weight is 459 g/mol. The van der Waals surface area contributed by atoms with Gasteiger partial charge in [0.1, 0.15) is 0 Å². The molecule has 3 aromatic rings. The third-order valence-corrected chi connectivity index (χ3v) is 5.10. The summed E-state index contributed by atoms with van der Waals surface area (Å²) in [6, 6.07) is 17.4. The second kappa shape index (κ2) is 11.5. The van der Waals surface area contributed by atoms with Gasteiger partial charge >= 0.3 is 0 Å². The molecule has 6 nitrogen and oxygen atoms in total. The Morgan fingerprint density at radius 3 is 1.35 bits per heavy atom. The molecule has 0 bridgehead atoms. The van der Waals surface area contributed by atoms with Gasteiger partial charge in [-0.2, -0.15) is 0 Å². The Labute approximate surface area is 199 Å². The molecule has 0 aliphatic carbocycles. The van der Waals surface area contributed by atoms with Crippen LogP contribution in [-0.4, -0.2) is 40.0 Å². The standard InChI is InChI=1S/C28H26O6/c1-31-25-14-10-19(16-27(25)33-3)8-12-23(29)21-6-5-7-22(18-21)24(30)13-9-20-11-15-26(32-2)28(17-20)34-4/h5-18H,1-4H3/b12-8+,13-9+. The van der Waals surface area contributed by atoms with Crippen LogP contribution in [-0.2, 0) is 0 Å². The van der Waals surface area contributed by atoms with Gasteiger partial charge in [0.05, 0.1) is 28.4 Å². The number of allylic oxidation sites excluding steroid dienone is 2. The number of rotatable bonds is 10. The average Bonchev–Trinajstić information content (AvgIpc) is 2.89. The van der Waals surface area contributed by atoms with Gasteiger partial charge < -0.3 is 18.9 Å². The summed E-state index contributed by atoms with van der Waals surface area (Å²) < 4.78 is 21.0. The molecule has 6 heteroatoms. The molecule has 0 heterocycles. The number of carbonyl (C=O) groups excluding carboxylic acids is 2. The molecule has 3 rings (SSSR count). The first kappa shape index (κ1) is 24.3. The van der Waals surface area contributed by atoms with Crippen LogP contribution in [0.25, 0.3) is 12.2 Å². The Balaban J connectivity index is 1.74. The monoisotopic (exact) mass is 458 g/mol. The molecule has 0 radical (unpaired) electrons. The predicted octanol–water partition coefficient (Wildman–Crippen LogP) is 5.51. The van der Waals surface area contributed by atoms with Crippen LogP contribution in [0.2, 0.25) is 0 Å². The highest BCUT2D eigenvalue weighted by Gasteiger charge is 2.09. The fraction of sp³-hybridized carbons (Fsp3) is 0.143. The molecular formula is C28H26O6. The summed E-state index contributed by atoms with van der Waals surface area (Å²) in [5, 5.41) is 0. The van der Waals surface area contributed by atoms with Crippen molar-refractivity contribution in [2.45, 2.75) is 0 Å². The first-order chi connectivity index (χ1) is 16.5. The van der Waals surface area contributed by atoms with Crippen molar-refractivity contribution < 1.29 is 28.5 Å². The van der Waals surface area contributed by atoms with Crippen LogP contribution in [0.15, 0.2) is 72.8 Å². The number of hydrogen-bond donors (Lipinski definition) is 0. The predicted molar refractivity (Wildman–Crippen MR) is 132 cm³/mol. The summed E-state index contributed by atoms with van der Waals surface area (Å²) in [6.07, 6.45) is 6.31. The largest absolute Gasteiger partial charge is 0.493 e. The lowest BCUT2D eigenvalue weighted by atomic mass is 10.0. The Bertz CT molecular complexity index is 1150. The minimum atomic E-state index is -0.215. The quantitative estimate of drug-likeness (QED) is 0.295. The first-order valence-corrected chi connectivity index (χ1v) is 10.5. The molecule has 0 atom stereocenters. The van der Waals surface area contributed by atoms with Crippen molar-refractivity contribution in [3.8, 4) is 23.0 Å². The van der Waals surface area contributed by atoms with Crippen molar-refractivity contribution in [2.24, 2.45) is 0 Å². The van der Waals surface area contributed by atoms with Gasteiger partial charge in [0.15, 0.2) is 34.6 Å². The van der Waals surface area contributed by atoms with E-state index >= 15 is 0 Å². The first-order valence-electron chi connectivity index (χ1n) is 10.5. The second-order valence-electron chi connectivity index (χ2n) is 7.20. The highest BCUT2D eigenvalue weighted by atomic mass is 16.5. The molecule has 0 amide bonds. The minimum absolute atomic E-state index is 0.215. The highest BCUT2D eigenvalue weighted by molar-refractivity contribution is 6.11. The van der Waals surface area contributed by atoms with E-state index in [-0.39, 0.29) is 11.6 Å². The molecule has 0 aliphatic rings. The summed E-state index contributed by atoms with van der Waals surface area (Å²) in [7, 11) is 6.24. The van der Waals surface area contributed by atoms with Crippen LogP contribution in [0, 0.1) is 0 Å². The van der Waals surface area contributed by atoms with Gasteiger partial charge in [-0.1, -0.05) is 42.5 Å². The zero-order valence-corrected chi connectivity index (χ0v) is 19.5. The summed E-state index contributed by atoms with van der Waals surface area (Å²) >= 11 is 0. The topological polar surface area (TPSA) is 71.1 Å². The highest BCUT2D eigenvalue weighted by Crippen LogP contribution is 2.29. The van der Waals surface area contributed by atoms with Gasteiger partial charge in [-0.25, -0.2) is 0 Å². The zero-order valence-electron chi connectivity index (χ0n) is 19.5. The maximum atomic E-state index is 12.7. The van der Waals surface area contributed by atoms with Crippen LogP contribution in [0.3, 0.4) is 0 Å². The molecule has 0 fully saturated rings. The Hall–Kier alpha value is -4.32. The van der Waals surface area contributed by atoms with Crippen LogP contribution in [0.5, 0.6) is 23.0 Å². The molecule has 3 aromatic carbocycles. The fourth-order valence-corrected chi connectivity index (χ4v) is 3.27. The van der Waals surface area contributed by atoms with Crippen LogP contribution >= 0.6 is 0 Å². The molecule has 174 valence electrons. The van der Waals surface area contributed by atoms with Crippen molar-refractivity contribution in [1.82, 2.24) is 0 Å². The zero-order chi connectivity index (χ0) is 24.5. The number of methoxy groups -OCH3 is 4. The van der Waals surface area contributed by atoms with E-state index in [1.54, 1.807) is 89.1 Å². The summed E-state index contributed by atoms with van der Waals surface area (Å²) in [5.74, 6) is 1.94. The number of hydrogen-bond acceptors (Lipinski definition) is 6. The van der Waals surface area contributed by atoms with Crippen LogP contribution < -0.4 is 18.9 Å². The van der Waals surface area contributed by atoms with Crippen molar-refractivity contribution >= 4 is 23.7 Å². The second-order valence-corrected chi connectivity index (χ2v) is 7.20. The molecule has 0 spiro atoms. The Morgan fingerprint density at radius 1 is 0.559 bits per heavy atom. The molecule has 0 aliphatic heterocycles. The van der Waals surface area contributed by atoms with Gasteiger partial charge in [0, 0.05) is 11.1 Å². The molecule has 0 unspecified atom stereocenters. The maximum Gasteiger partial charge on any atom is 0.185 e. The fourth-order valence-electron chi connectivity index (χ4n) is 3.27. The van der Waals surface area contributed by atoms with E-state index in [0.29, 0.717) is 34.1 Å². The van der Waals surface area contributed by atoms with E-state index in [2.05, 4.69) is 0 Å². The van der Waals surface area contributed by atoms with Crippen molar-refractivity contribution in [3.63, 3.8) is 0 Å². The Kier molecular flexibility index (Phi) is 8.24. The van der Waals surface area contributed by atoms with E-state index in [0.717, 1.165) is 11.1 Å².